The van der Waals surface area contributed by atoms with Gasteiger partial charge >= 0.3 is 0 Å². The Morgan fingerprint density at radius 3 is 2.52 bits per heavy atom. The lowest BCUT2D eigenvalue weighted by atomic mass is 9.83. The summed E-state index contributed by atoms with van der Waals surface area (Å²) in [5.41, 5.74) is 5.73. The number of rotatable bonds is 4. The van der Waals surface area contributed by atoms with E-state index in [1.165, 1.54) is 45.6 Å². The standard InChI is InChI=1S/C16H31N3O2/c17-5-1-6-18-7-9-19(10-8-18)15-2-11-21-16(14-15)3-12-20-13-4-16/h15H,1-14,17H2. The van der Waals surface area contributed by atoms with Crippen molar-refractivity contribution in [2.24, 2.45) is 5.73 Å². The predicted octanol–water partition coefficient (Wildman–Crippen LogP) is 0.681. The third-order valence-electron chi connectivity index (χ3n) is 5.47. The molecule has 0 saturated carbocycles. The zero-order valence-corrected chi connectivity index (χ0v) is 13.3. The summed E-state index contributed by atoms with van der Waals surface area (Å²) < 4.78 is 11.7. The van der Waals surface area contributed by atoms with Crippen molar-refractivity contribution in [1.29, 1.82) is 0 Å². The average Bonchev–Trinajstić information content (AvgIpc) is 2.54. The molecule has 122 valence electrons. The maximum atomic E-state index is 6.17. The third-order valence-corrected chi connectivity index (χ3v) is 5.47. The summed E-state index contributed by atoms with van der Waals surface area (Å²) in [6.45, 7) is 9.48. The highest BCUT2D eigenvalue weighted by Gasteiger charge is 2.41. The first kappa shape index (κ1) is 15.7. The van der Waals surface area contributed by atoms with E-state index >= 15 is 0 Å². The zero-order valence-electron chi connectivity index (χ0n) is 13.3. The van der Waals surface area contributed by atoms with Crippen LogP contribution in [0.25, 0.3) is 0 Å². The van der Waals surface area contributed by atoms with Gasteiger partial charge in [0.05, 0.1) is 5.60 Å². The minimum absolute atomic E-state index is 0.123. The van der Waals surface area contributed by atoms with E-state index in [0.717, 1.165) is 45.6 Å². The molecule has 0 aromatic heterocycles. The third kappa shape index (κ3) is 3.96. The van der Waals surface area contributed by atoms with Crippen LogP contribution < -0.4 is 5.73 Å². The predicted molar refractivity (Wildman–Crippen MR) is 83.4 cm³/mol. The summed E-state index contributed by atoms with van der Waals surface area (Å²) in [5, 5.41) is 0. The Morgan fingerprint density at radius 2 is 1.81 bits per heavy atom. The lowest BCUT2D eigenvalue weighted by Crippen LogP contribution is -2.56. The molecule has 3 rings (SSSR count). The van der Waals surface area contributed by atoms with Gasteiger partial charge < -0.3 is 20.1 Å². The molecule has 3 aliphatic heterocycles. The van der Waals surface area contributed by atoms with Gasteiger partial charge in [-0.05, 0) is 45.2 Å². The van der Waals surface area contributed by atoms with Crippen LogP contribution in [0.4, 0.5) is 0 Å². The van der Waals surface area contributed by atoms with Crippen molar-refractivity contribution in [2.75, 3.05) is 59.1 Å². The van der Waals surface area contributed by atoms with E-state index in [2.05, 4.69) is 9.80 Å². The number of hydrogen-bond acceptors (Lipinski definition) is 5. The van der Waals surface area contributed by atoms with E-state index in [0.29, 0.717) is 6.04 Å². The molecule has 1 atom stereocenters. The molecular formula is C16H31N3O2. The number of nitrogens with two attached hydrogens (primary N) is 1. The van der Waals surface area contributed by atoms with Gasteiger partial charge in [-0.1, -0.05) is 0 Å². The lowest BCUT2D eigenvalue weighted by Gasteiger charge is -2.48. The normalized spacial score (nSPS) is 31.6. The first-order chi connectivity index (χ1) is 10.3. The van der Waals surface area contributed by atoms with Gasteiger partial charge in [0.1, 0.15) is 0 Å². The Kier molecular flexibility index (Phi) is 5.51. The van der Waals surface area contributed by atoms with Gasteiger partial charge in [-0.25, -0.2) is 0 Å². The Labute approximate surface area is 128 Å². The molecule has 0 aromatic rings. The number of piperazine rings is 1. The van der Waals surface area contributed by atoms with Crippen LogP contribution in [0.1, 0.15) is 32.1 Å². The Hall–Kier alpha value is -0.200. The summed E-state index contributed by atoms with van der Waals surface area (Å²) in [5.74, 6) is 0. The lowest BCUT2D eigenvalue weighted by molar-refractivity contribution is -0.153. The van der Waals surface area contributed by atoms with Gasteiger partial charge in [-0.15, -0.1) is 0 Å². The van der Waals surface area contributed by atoms with E-state index in [1.54, 1.807) is 0 Å². The molecule has 0 bridgehead atoms. The molecule has 21 heavy (non-hydrogen) atoms. The fourth-order valence-corrected chi connectivity index (χ4v) is 4.07. The van der Waals surface area contributed by atoms with Gasteiger partial charge in [0.25, 0.3) is 0 Å². The second-order valence-electron chi connectivity index (χ2n) is 6.81. The van der Waals surface area contributed by atoms with Crippen LogP contribution in [0.2, 0.25) is 0 Å². The molecule has 3 saturated heterocycles. The summed E-state index contributed by atoms with van der Waals surface area (Å²) in [7, 11) is 0. The summed E-state index contributed by atoms with van der Waals surface area (Å²) in [4.78, 5) is 5.27. The minimum atomic E-state index is 0.123. The molecule has 0 aromatic carbocycles. The molecule has 0 radical (unpaired) electrons. The van der Waals surface area contributed by atoms with Crippen molar-refractivity contribution in [3.63, 3.8) is 0 Å². The molecule has 1 unspecified atom stereocenters. The van der Waals surface area contributed by atoms with Gasteiger partial charge in [0, 0.05) is 52.0 Å². The molecule has 5 nitrogen and oxygen atoms in total. The Morgan fingerprint density at radius 1 is 1.05 bits per heavy atom. The highest BCUT2D eigenvalue weighted by atomic mass is 16.5. The summed E-state index contributed by atoms with van der Waals surface area (Å²) >= 11 is 0. The van der Waals surface area contributed by atoms with Crippen molar-refractivity contribution in [2.45, 2.75) is 43.7 Å². The van der Waals surface area contributed by atoms with Crippen LogP contribution in [-0.2, 0) is 9.47 Å². The van der Waals surface area contributed by atoms with E-state index in [-0.39, 0.29) is 5.60 Å². The minimum Gasteiger partial charge on any atom is -0.381 e. The van der Waals surface area contributed by atoms with Crippen molar-refractivity contribution in [1.82, 2.24) is 9.80 Å². The molecule has 0 amide bonds. The first-order valence-corrected chi connectivity index (χ1v) is 8.69. The molecule has 0 aliphatic carbocycles. The molecule has 5 heteroatoms. The Balaban J connectivity index is 1.48. The molecule has 3 aliphatic rings. The summed E-state index contributed by atoms with van der Waals surface area (Å²) in [6.07, 6.45) is 5.70. The summed E-state index contributed by atoms with van der Waals surface area (Å²) in [6, 6.07) is 0.716. The van der Waals surface area contributed by atoms with Crippen LogP contribution >= 0.6 is 0 Å². The van der Waals surface area contributed by atoms with Crippen LogP contribution in [0, 0.1) is 0 Å². The van der Waals surface area contributed by atoms with E-state index in [4.69, 9.17) is 15.2 Å². The largest absolute Gasteiger partial charge is 0.381 e. The number of hydrogen-bond donors (Lipinski definition) is 1. The van der Waals surface area contributed by atoms with E-state index < -0.39 is 0 Å². The smallest absolute Gasteiger partial charge is 0.0741 e. The SMILES string of the molecule is NCCCN1CCN(C2CCOC3(CCOCC3)C2)CC1. The van der Waals surface area contributed by atoms with E-state index in [1.807, 2.05) is 0 Å². The van der Waals surface area contributed by atoms with Crippen molar-refractivity contribution in [3.05, 3.63) is 0 Å². The fourth-order valence-electron chi connectivity index (χ4n) is 4.07. The fraction of sp³-hybridized carbons (Fsp3) is 1.00. The maximum Gasteiger partial charge on any atom is 0.0741 e. The van der Waals surface area contributed by atoms with Crippen LogP contribution in [-0.4, -0.2) is 80.5 Å². The van der Waals surface area contributed by atoms with Gasteiger partial charge in [-0.2, -0.15) is 0 Å². The number of nitrogens with zero attached hydrogens (tertiary/aromatic N) is 2. The molecule has 1 spiro atoms. The van der Waals surface area contributed by atoms with Crippen molar-refractivity contribution >= 4 is 0 Å². The first-order valence-electron chi connectivity index (χ1n) is 8.69. The van der Waals surface area contributed by atoms with Gasteiger partial charge in [0.15, 0.2) is 0 Å². The van der Waals surface area contributed by atoms with Crippen LogP contribution in [0.3, 0.4) is 0 Å². The van der Waals surface area contributed by atoms with E-state index in [9.17, 15) is 0 Å². The molecule has 3 fully saturated rings. The second-order valence-corrected chi connectivity index (χ2v) is 6.81. The van der Waals surface area contributed by atoms with Crippen LogP contribution in [0.15, 0.2) is 0 Å². The van der Waals surface area contributed by atoms with Gasteiger partial charge in [-0.3, -0.25) is 4.90 Å². The quantitative estimate of drug-likeness (QED) is 0.827. The average molecular weight is 297 g/mol. The highest BCUT2D eigenvalue weighted by Crippen LogP contribution is 2.36. The highest BCUT2D eigenvalue weighted by molar-refractivity contribution is 4.93. The van der Waals surface area contributed by atoms with Crippen molar-refractivity contribution in [3.8, 4) is 0 Å². The topological polar surface area (TPSA) is 51.0 Å². The van der Waals surface area contributed by atoms with Crippen LogP contribution in [0.5, 0.6) is 0 Å². The zero-order chi connectivity index (χ0) is 14.5. The number of ether oxygens (including phenoxy) is 2. The van der Waals surface area contributed by atoms with Gasteiger partial charge in [0.2, 0.25) is 0 Å². The molecule has 2 N–H and O–H groups in total. The Bertz CT molecular complexity index is 307. The molecular weight excluding hydrogens is 266 g/mol. The van der Waals surface area contributed by atoms with Crippen molar-refractivity contribution < 1.29 is 9.47 Å². The monoisotopic (exact) mass is 297 g/mol. The molecule has 3 heterocycles. The maximum absolute atomic E-state index is 6.17. The second kappa shape index (κ2) is 7.38.